The van der Waals surface area contributed by atoms with Crippen LogP contribution < -0.4 is 5.32 Å². The molecule has 1 atom stereocenters. The van der Waals surface area contributed by atoms with Gasteiger partial charge in [-0.2, -0.15) is 0 Å². The van der Waals surface area contributed by atoms with Crippen molar-refractivity contribution >= 4 is 5.91 Å². The second-order valence-electron chi connectivity index (χ2n) is 5.80. The van der Waals surface area contributed by atoms with Crippen molar-refractivity contribution in [3.63, 3.8) is 0 Å². The van der Waals surface area contributed by atoms with Gasteiger partial charge in [-0.05, 0) is 31.5 Å². The Bertz CT molecular complexity index is 456. The van der Waals surface area contributed by atoms with Crippen LogP contribution in [0.25, 0.3) is 0 Å². The molecule has 0 bridgehead atoms. The minimum absolute atomic E-state index is 0.183. The second kappa shape index (κ2) is 5.94. The summed E-state index contributed by atoms with van der Waals surface area (Å²) in [6.07, 6.45) is 2.35. The lowest BCUT2D eigenvalue weighted by Gasteiger charge is -2.35. The van der Waals surface area contributed by atoms with Gasteiger partial charge in [-0.1, -0.05) is 30.3 Å². The van der Waals surface area contributed by atoms with Gasteiger partial charge in [0, 0.05) is 19.5 Å². The smallest absolute Gasteiger partial charge is 0.220 e. The highest BCUT2D eigenvalue weighted by Crippen LogP contribution is 2.32. The summed E-state index contributed by atoms with van der Waals surface area (Å²) in [5, 5.41) is 3.42. The van der Waals surface area contributed by atoms with Crippen LogP contribution in [0.3, 0.4) is 0 Å². The molecule has 2 saturated heterocycles. The van der Waals surface area contributed by atoms with Gasteiger partial charge in [-0.3, -0.25) is 9.69 Å². The van der Waals surface area contributed by atoms with Gasteiger partial charge in [0.25, 0.3) is 0 Å². The molecule has 0 unspecified atom stereocenters. The summed E-state index contributed by atoms with van der Waals surface area (Å²) in [5.74, 6) is 0.183. The van der Waals surface area contributed by atoms with Gasteiger partial charge in [-0.15, -0.1) is 0 Å². The van der Waals surface area contributed by atoms with Crippen molar-refractivity contribution in [2.45, 2.75) is 31.8 Å². The third-order valence-electron chi connectivity index (χ3n) is 4.54. The van der Waals surface area contributed by atoms with Gasteiger partial charge < -0.3 is 10.2 Å². The molecular formula is C16H23N3O. The Kier molecular flexibility index (Phi) is 4.03. The number of piperidine rings is 1. The monoisotopic (exact) mass is 273 g/mol. The van der Waals surface area contributed by atoms with E-state index in [1.54, 1.807) is 6.92 Å². The molecule has 1 N–H and O–H groups in total. The van der Waals surface area contributed by atoms with Crippen molar-refractivity contribution in [3.05, 3.63) is 35.9 Å². The van der Waals surface area contributed by atoms with Gasteiger partial charge >= 0.3 is 0 Å². The maximum atomic E-state index is 11.7. The van der Waals surface area contributed by atoms with Gasteiger partial charge in [0.05, 0.1) is 12.7 Å². The van der Waals surface area contributed by atoms with E-state index < -0.39 is 0 Å². The van der Waals surface area contributed by atoms with E-state index in [-0.39, 0.29) is 5.91 Å². The first kappa shape index (κ1) is 13.6. The van der Waals surface area contributed by atoms with E-state index in [9.17, 15) is 4.79 Å². The van der Waals surface area contributed by atoms with E-state index in [1.807, 2.05) is 4.90 Å². The van der Waals surface area contributed by atoms with E-state index in [4.69, 9.17) is 0 Å². The van der Waals surface area contributed by atoms with Crippen molar-refractivity contribution in [2.75, 3.05) is 26.3 Å². The number of carbonyl (C=O) groups excluding carboxylic acids is 1. The number of amides is 1. The van der Waals surface area contributed by atoms with Gasteiger partial charge in [0.15, 0.2) is 0 Å². The standard InChI is InChI=1S/C16H23N3O/c1-13(20)18-11-16(14-5-3-2-4-6-14)19(12-18)15-7-9-17-10-8-15/h2-6,15-17H,7-12H2,1H3/t16-/m0/s1. The Labute approximate surface area is 120 Å². The first-order chi connectivity index (χ1) is 9.75. The lowest BCUT2D eigenvalue weighted by molar-refractivity contribution is -0.128. The zero-order valence-corrected chi connectivity index (χ0v) is 12.1. The second-order valence-corrected chi connectivity index (χ2v) is 5.80. The number of nitrogens with one attached hydrogen (secondary N) is 1. The molecule has 4 nitrogen and oxygen atoms in total. The van der Waals surface area contributed by atoms with E-state index in [0.717, 1.165) is 26.3 Å². The van der Waals surface area contributed by atoms with Crippen LogP contribution in [0.5, 0.6) is 0 Å². The summed E-state index contributed by atoms with van der Waals surface area (Å²) in [7, 11) is 0. The normalized spacial score (nSPS) is 25.1. The maximum absolute atomic E-state index is 11.7. The fourth-order valence-corrected chi connectivity index (χ4v) is 3.38. The third-order valence-corrected chi connectivity index (χ3v) is 4.54. The summed E-state index contributed by atoms with van der Waals surface area (Å²) in [6, 6.07) is 11.5. The Balaban J connectivity index is 1.82. The van der Waals surface area contributed by atoms with Crippen LogP contribution >= 0.6 is 0 Å². The first-order valence-electron chi connectivity index (χ1n) is 7.52. The van der Waals surface area contributed by atoms with Gasteiger partial charge in [0.2, 0.25) is 5.91 Å². The predicted octanol–water partition coefficient (Wildman–Crippen LogP) is 1.60. The Morgan fingerprint density at radius 1 is 1.20 bits per heavy atom. The van der Waals surface area contributed by atoms with Crippen LogP contribution in [0.1, 0.15) is 31.4 Å². The maximum Gasteiger partial charge on any atom is 0.220 e. The summed E-state index contributed by atoms with van der Waals surface area (Å²) in [5.41, 5.74) is 1.33. The molecule has 0 aromatic heterocycles. The molecule has 3 rings (SSSR count). The molecule has 2 aliphatic rings. The Morgan fingerprint density at radius 2 is 1.90 bits per heavy atom. The lowest BCUT2D eigenvalue weighted by Crippen LogP contribution is -2.43. The SMILES string of the molecule is CC(=O)N1C[C@@H](c2ccccc2)N(C2CCNCC2)C1. The summed E-state index contributed by atoms with van der Waals surface area (Å²) < 4.78 is 0. The molecule has 4 heteroatoms. The van der Waals surface area contributed by atoms with Crippen LogP contribution in [0, 0.1) is 0 Å². The van der Waals surface area contributed by atoms with Gasteiger partial charge in [-0.25, -0.2) is 0 Å². The Morgan fingerprint density at radius 3 is 2.55 bits per heavy atom. The lowest BCUT2D eigenvalue weighted by atomic mass is 10.0. The summed E-state index contributed by atoms with van der Waals surface area (Å²) >= 11 is 0. The van der Waals surface area contributed by atoms with E-state index in [0.29, 0.717) is 12.1 Å². The molecule has 20 heavy (non-hydrogen) atoms. The number of hydrogen-bond acceptors (Lipinski definition) is 3. The molecule has 108 valence electrons. The van der Waals surface area contributed by atoms with Crippen LogP contribution in [0.4, 0.5) is 0 Å². The molecule has 2 fully saturated rings. The molecule has 1 aromatic rings. The topological polar surface area (TPSA) is 35.6 Å². The largest absolute Gasteiger partial charge is 0.328 e. The van der Waals surface area contributed by atoms with E-state index in [2.05, 4.69) is 40.5 Å². The molecule has 1 amide bonds. The van der Waals surface area contributed by atoms with Crippen molar-refractivity contribution in [3.8, 4) is 0 Å². The third kappa shape index (κ3) is 2.72. The highest BCUT2D eigenvalue weighted by atomic mass is 16.2. The number of nitrogens with zero attached hydrogens (tertiary/aromatic N) is 2. The number of rotatable bonds is 2. The fourth-order valence-electron chi connectivity index (χ4n) is 3.38. The van der Waals surface area contributed by atoms with E-state index in [1.165, 1.54) is 18.4 Å². The minimum Gasteiger partial charge on any atom is -0.328 e. The summed E-state index contributed by atoms with van der Waals surface area (Å²) in [4.78, 5) is 16.2. The quantitative estimate of drug-likeness (QED) is 0.889. The number of benzene rings is 1. The average molecular weight is 273 g/mol. The van der Waals surface area contributed by atoms with Crippen molar-refractivity contribution < 1.29 is 4.79 Å². The number of hydrogen-bond donors (Lipinski definition) is 1. The molecule has 0 aliphatic carbocycles. The first-order valence-corrected chi connectivity index (χ1v) is 7.52. The fraction of sp³-hybridized carbons (Fsp3) is 0.562. The van der Waals surface area contributed by atoms with Crippen LogP contribution in [0.15, 0.2) is 30.3 Å². The van der Waals surface area contributed by atoms with Gasteiger partial charge in [0.1, 0.15) is 0 Å². The van der Waals surface area contributed by atoms with Crippen LogP contribution in [-0.4, -0.2) is 48.1 Å². The Hall–Kier alpha value is -1.39. The highest BCUT2D eigenvalue weighted by Gasteiger charge is 2.37. The molecule has 2 heterocycles. The van der Waals surface area contributed by atoms with Crippen molar-refractivity contribution in [1.82, 2.24) is 15.1 Å². The summed E-state index contributed by atoms with van der Waals surface area (Å²) in [6.45, 7) is 5.45. The molecule has 0 saturated carbocycles. The molecule has 1 aromatic carbocycles. The zero-order valence-electron chi connectivity index (χ0n) is 12.1. The van der Waals surface area contributed by atoms with Crippen molar-refractivity contribution in [2.24, 2.45) is 0 Å². The average Bonchev–Trinajstić information content (AvgIpc) is 2.94. The number of carbonyl (C=O) groups is 1. The van der Waals surface area contributed by atoms with E-state index >= 15 is 0 Å². The minimum atomic E-state index is 0.183. The van der Waals surface area contributed by atoms with Crippen molar-refractivity contribution in [1.29, 1.82) is 0 Å². The van der Waals surface area contributed by atoms with Crippen LogP contribution in [0.2, 0.25) is 0 Å². The zero-order chi connectivity index (χ0) is 13.9. The molecular weight excluding hydrogens is 250 g/mol. The highest BCUT2D eigenvalue weighted by molar-refractivity contribution is 5.73. The predicted molar refractivity (Wildman–Crippen MR) is 79.2 cm³/mol. The molecule has 0 radical (unpaired) electrons. The van der Waals surface area contributed by atoms with Crippen LogP contribution in [-0.2, 0) is 4.79 Å². The molecule has 2 aliphatic heterocycles. The molecule has 0 spiro atoms.